The normalized spacial score (nSPS) is 29.7. The highest BCUT2D eigenvalue weighted by molar-refractivity contribution is 5.45. The molecule has 3 heteroatoms. The second-order valence-electron chi connectivity index (χ2n) is 4.43. The Morgan fingerprint density at radius 3 is 2.69 bits per heavy atom. The van der Waals surface area contributed by atoms with E-state index in [1.54, 1.807) is 19.1 Å². The summed E-state index contributed by atoms with van der Waals surface area (Å²) in [5, 5.41) is 0. The third-order valence-corrected chi connectivity index (χ3v) is 2.95. The number of halogens is 1. The van der Waals surface area contributed by atoms with Crippen LogP contribution in [0.4, 0.5) is 10.1 Å². The molecule has 0 spiro atoms. The van der Waals surface area contributed by atoms with Crippen molar-refractivity contribution in [1.29, 1.82) is 0 Å². The van der Waals surface area contributed by atoms with E-state index in [-0.39, 0.29) is 6.10 Å². The maximum Gasteiger partial charge on any atom is 0.187 e. The van der Waals surface area contributed by atoms with Crippen LogP contribution in [0.25, 0.3) is 4.85 Å². The molecule has 1 saturated heterocycles. The van der Waals surface area contributed by atoms with Gasteiger partial charge in [-0.1, -0.05) is 24.3 Å². The first-order valence-corrected chi connectivity index (χ1v) is 5.39. The van der Waals surface area contributed by atoms with E-state index in [9.17, 15) is 4.39 Å². The monoisotopic (exact) mass is 219 g/mol. The van der Waals surface area contributed by atoms with Crippen LogP contribution in [0.15, 0.2) is 24.3 Å². The lowest BCUT2D eigenvalue weighted by Gasteiger charge is -2.32. The van der Waals surface area contributed by atoms with Crippen molar-refractivity contribution in [2.24, 2.45) is 0 Å². The predicted octanol–water partition coefficient (Wildman–Crippen LogP) is 3.82. The molecule has 1 heterocycles. The Morgan fingerprint density at radius 2 is 2.12 bits per heavy atom. The lowest BCUT2D eigenvalue weighted by atomic mass is 9.91. The topological polar surface area (TPSA) is 13.6 Å². The number of benzene rings is 1. The molecule has 0 unspecified atom stereocenters. The van der Waals surface area contributed by atoms with Gasteiger partial charge in [0.2, 0.25) is 0 Å². The molecule has 0 aliphatic carbocycles. The SMILES string of the molecule is [C-]#[N+]c1ccc([C@H]2C[C@@](C)(F)CCO2)cc1. The zero-order valence-corrected chi connectivity index (χ0v) is 9.24. The highest BCUT2D eigenvalue weighted by Crippen LogP contribution is 2.36. The Hall–Kier alpha value is -1.40. The fourth-order valence-corrected chi connectivity index (χ4v) is 1.94. The third kappa shape index (κ3) is 2.40. The van der Waals surface area contributed by atoms with Gasteiger partial charge in [-0.3, -0.25) is 0 Å². The molecule has 1 aliphatic rings. The van der Waals surface area contributed by atoms with Crippen LogP contribution in [0.1, 0.15) is 31.4 Å². The minimum atomic E-state index is -1.14. The van der Waals surface area contributed by atoms with E-state index in [2.05, 4.69) is 4.85 Å². The molecule has 0 bridgehead atoms. The van der Waals surface area contributed by atoms with Gasteiger partial charge in [0.1, 0.15) is 5.67 Å². The fraction of sp³-hybridized carbons (Fsp3) is 0.462. The molecule has 16 heavy (non-hydrogen) atoms. The maximum absolute atomic E-state index is 13.8. The molecule has 0 saturated carbocycles. The van der Waals surface area contributed by atoms with Crippen molar-refractivity contribution in [3.63, 3.8) is 0 Å². The Kier molecular flexibility index (Phi) is 2.93. The molecule has 2 atom stereocenters. The standard InChI is InChI=1S/C13H14FNO/c1-13(14)7-8-16-12(9-13)10-3-5-11(15-2)6-4-10/h3-6,12H,7-9H2,1H3/t12-,13+/m1/s1. The first-order chi connectivity index (χ1) is 7.61. The van der Waals surface area contributed by atoms with Gasteiger partial charge in [0.05, 0.1) is 19.3 Å². The highest BCUT2D eigenvalue weighted by atomic mass is 19.1. The highest BCUT2D eigenvalue weighted by Gasteiger charge is 2.33. The average Bonchev–Trinajstić information content (AvgIpc) is 2.28. The molecule has 0 N–H and O–H groups in total. The van der Waals surface area contributed by atoms with Crippen LogP contribution in [0.5, 0.6) is 0 Å². The minimum absolute atomic E-state index is 0.177. The molecule has 2 nitrogen and oxygen atoms in total. The average molecular weight is 219 g/mol. The first-order valence-electron chi connectivity index (χ1n) is 5.39. The van der Waals surface area contributed by atoms with Crippen molar-refractivity contribution in [3.8, 4) is 0 Å². The molecule has 2 rings (SSSR count). The molecule has 0 amide bonds. The van der Waals surface area contributed by atoms with Crippen molar-refractivity contribution in [2.45, 2.75) is 31.5 Å². The maximum atomic E-state index is 13.8. The van der Waals surface area contributed by atoms with Gasteiger partial charge in [-0.2, -0.15) is 0 Å². The number of hydrogen-bond donors (Lipinski definition) is 0. The molecule has 1 aromatic carbocycles. The molecular weight excluding hydrogens is 205 g/mol. The molecule has 1 aliphatic heterocycles. The van der Waals surface area contributed by atoms with E-state index < -0.39 is 5.67 Å². The van der Waals surface area contributed by atoms with Gasteiger partial charge in [-0.05, 0) is 12.5 Å². The van der Waals surface area contributed by atoms with Crippen molar-refractivity contribution in [3.05, 3.63) is 41.2 Å². The predicted molar refractivity (Wildman–Crippen MR) is 60.1 cm³/mol. The molecule has 0 aromatic heterocycles. The van der Waals surface area contributed by atoms with Gasteiger partial charge in [-0.25, -0.2) is 9.24 Å². The van der Waals surface area contributed by atoms with Crippen molar-refractivity contribution in [2.75, 3.05) is 6.61 Å². The first kappa shape index (κ1) is 11.1. The Balaban J connectivity index is 2.15. The summed E-state index contributed by atoms with van der Waals surface area (Å²) in [4.78, 5) is 3.32. The van der Waals surface area contributed by atoms with Crippen molar-refractivity contribution in [1.82, 2.24) is 0 Å². The number of rotatable bonds is 1. The number of alkyl halides is 1. The van der Waals surface area contributed by atoms with E-state index in [1.807, 2.05) is 12.1 Å². The van der Waals surface area contributed by atoms with Gasteiger partial charge >= 0.3 is 0 Å². The molecule has 84 valence electrons. The number of ether oxygens (including phenoxy) is 1. The molecule has 0 radical (unpaired) electrons. The fourth-order valence-electron chi connectivity index (χ4n) is 1.94. The van der Waals surface area contributed by atoms with Gasteiger partial charge in [-0.15, -0.1) is 0 Å². The van der Waals surface area contributed by atoms with E-state index in [0.717, 1.165) is 5.56 Å². The van der Waals surface area contributed by atoms with E-state index in [0.29, 0.717) is 25.1 Å². The van der Waals surface area contributed by atoms with E-state index in [1.165, 1.54) is 0 Å². The van der Waals surface area contributed by atoms with E-state index >= 15 is 0 Å². The summed E-state index contributed by atoms with van der Waals surface area (Å²) in [6.45, 7) is 8.94. The molecule has 1 aromatic rings. The molecular formula is C13H14FNO. The summed E-state index contributed by atoms with van der Waals surface area (Å²) < 4.78 is 19.4. The summed E-state index contributed by atoms with van der Waals surface area (Å²) in [5.74, 6) is 0. The van der Waals surface area contributed by atoms with Gasteiger partial charge in [0.15, 0.2) is 5.69 Å². The van der Waals surface area contributed by atoms with Crippen molar-refractivity contribution < 1.29 is 9.13 Å². The quantitative estimate of drug-likeness (QED) is 0.655. The summed E-state index contributed by atoms with van der Waals surface area (Å²) in [7, 11) is 0. The lowest BCUT2D eigenvalue weighted by Crippen LogP contribution is -2.30. The number of hydrogen-bond acceptors (Lipinski definition) is 1. The van der Waals surface area contributed by atoms with Crippen LogP contribution >= 0.6 is 0 Å². The van der Waals surface area contributed by atoms with E-state index in [4.69, 9.17) is 11.3 Å². The van der Waals surface area contributed by atoms with Crippen LogP contribution in [0, 0.1) is 6.57 Å². The van der Waals surface area contributed by atoms with Gasteiger partial charge in [0.25, 0.3) is 0 Å². The lowest BCUT2D eigenvalue weighted by molar-refractivity contribution is -0.0571. The Morgan fingerprint density at radius 1 is 1.44 bits per heavy atom. The summed E-state index contributed by atoms with van der Waals surface area (Å²) in [6.07, 6.45) is 0.678. The Labute approximate surface area is 94.9 Å². The summed E-state index contributed by atoms with van der Waals surface area (Å²) >= 11 is 0. The zero-order chi connectivity index (χ0) is 11.6. The number of nitrogens with zero attached hydrogens (tertiary/aromatic N) is 1. The third-order valence-electron chi connectivity index (χ3n) is 2.95. The summed E-state index contributed by atoms with van der Waals surface area (Å²) in [5.41, 5.74) is 0.417. The minimum Gasteiger partial charge on any atom is -0.373 e. The molecule has 1 fully saturated rings. The van der Waals surface area contributed by atoms with Crippen LogP contribution in [-0.4, -0.2) is 12.3 Å². The zero-order valence-electron chi connectivity index (χ0n) is 9.24. The van der Waals surface area contributed by atoms with Crippen molar-refractivity contribution >= 4 is 5.69 Å². The largest absolute Gasteiger partial charge is 0.373 e. The second-order valence-corrected chi connectivity index (χ2v) is 4.43. The van der Waals surface area contributed by atoms with Crippen LogP contribution in [0.3, 0.4) is 0 Å². The smallest absolute Gasteiger partial charge is 0.187 e. The van der Waals surface area contributed by atoms with Crippen LogP contribution in [0.2, 0.25) is 0 Å². The van der Waals surface area contributed by atoms with Crippen LogP contribution < -0.4 is 0 Å². The second kappa shape index (κ2) is 4.23. The summed E-state index contributed by atoms with van der Waals surface area (Å²) in [6, 6.07) is 7.19. The van der Waals surface area contributed by atoms with Crippen LogP contribution in [-0.2, 0) is 4.74 Å². The van der Waals surface area contributed by atoms with Gasteiger partial charge < -0.3 is 4.74 Å². The Bertz CT molecular complexity index is 405. The van der Waals surface area contributed by atoms with Gasteiger partial charge in [0, 0.05) is 12.8 Å².